The van der Waals surface area contributed by atoms with E-state index in [0.717, 1.165) is 16.7 Å². The molecule has 3 aromatic rings. The molecule has 1 saturated heterocycles. The van der Waals surface area contributed by atoms with Crippen molar-refractivity contribution >= 4 is 17.7 Å². The van der Waals surface area contributed by atoms with Gasteiger partial charge in [0.15, 0.2) is 0 Å². The summed E-state index contributed by atoms with van der Waals surface area (Å²) in [5, 5.41) is 0. The summed E-state index contributed by atoms with van der Waals surface area (Å²) >= 11 is 0. The Kier molecular flexibility index (Phi) is 12.5. The van der Waals surface area contributed by atoms with Crippen LogP contribution in [0.4, 0.5) is 0 Å². The molecule has 0 radical (unpaired) electrons. The Bertz CT molecular complexity index is 1090. The zero-order valence-corrected chi connectivity index (χ0v) is 23.9. The zero-order chi connectivity index (χ0) is 29.4. The second-order valence-electron chi connectivity index (χ2n) is 10.1. The van der Waals surface area contributed by atoms with Crippen LogP contribution < -0.4 is 0 Å². The predicted molar refractivity (Wildman–Crippen MR) is 158 cm³/mol. The second kappa shape index (κ2) is 17.0. The van der Waals surface area contributed by atoms with Crippen molar-refractivity contribution in [1.29, 1.82) is 0 Å². The van der Waals surface area contributed by atoms with Gasteiger partial charge in [0.25, 0.3) is 0 Å². The highest BCUT2D eigenvalue weighted by atomic mass is 16.5. The monoisotopic (exact) mass is 573 g/mol. The zero-order valence-electron chi connectivity index (χ0n) is 23.9. The fraction of sp³-hybridized carbons (Fsp3) is 0.364. The number of hydrogen-bond donors (Lipinski definition) is 0. The molecular formula is C33H39N3O6. The first-order valence-electron chi connectivity index (χ1n) is 14.3. The topological polar surface area (TPSA) is 88.6 Å². The van der Waals surface area contributed by atoms with Crippen molar-refractivity contribution in [1.82, 2.24) is 14.7 Å². The lowest BCUT2D eigenvalue weighted by molar-refractivity contribution is -0.140. The van der Waals surface area contributed by atoms with Crippen LogP contribution in [-0.2, 0) is 48.4 Å². The van der Waals surface area contributed by atoms with Gasteiger partial charge in [0.05, 0.1) is 59.3 Å². The molecule has 0 aliphatic carbocycles. The number of rotatable bonds is 15. The maximum atomic E-state index is 13.3. The SMILES string of the molecule is O=C1CN(CCOCc2ccccc2)C(=O)CN(CCOCc2ccccc2)C(=O)CN1CCOCc1ccccc1. The van der Waals surface area contributed by atoms with Crippen molar-refractivity contribution in [2.75, 3.05) is 59.1 Å². The Morgan fingerprint density at radius 3 is 0.952 bits per heavy atom. The standard InChI is InChI=1S/C33H39N3O6/c37-31-23-35(17-20-41-26-29-12-6-2-7-13-29)33(39)24-36(18-21-42-27-30-14-8-3-9-15-30)32(38)22-34(31)16-19-40-25-28-10-4-1-5-11-28/h1-15H,16-27H2. The molecule has 0 bridgehead atoms. The van der Waals surface area contributed by atoms with Gasteiger partial charge in [0.2, 0.25) is 17.7 Å². The number of nitrogens with zero attached hydrogens (tertiary/aromatic N) is 3. The fourth-order valence-electron chi connectivity index (χ4n) is 4.48. The van der Waals surface area contributed by atoms with E-state index in [1.54, 1.807) is 0 Å². The molecule has 0 unspecified atom stereocenters. The Hall–Kier alpha value is -4.05. The number of amides is 3. The van der Waals surface area contributed by atoms with E-state index in [9.17, 15) is 14.4 Å². The van der Waals surface area contributed by atoms with Gasteiger partial charge < -0.3 is 28.9 Å². The summed E-state index contributed by atoms with van der Waals surface area (Å²) in [6.45, 7) is 2.36. The first-order chi connectivity index (χ1) is 20.6. The van der Waals surface area contributed by atoms with Crippen LogP contribution >= 0.6 is 0 Å². The first-order valence-corrected chi connectivity index (χ1v) is 14.3. The van der Waals surface area contributed by atoms with E-state index in [2.05, 4.69) is 0 Å². The van der Waals surface area contributed by atoms with Crippen molar-refractivity contribution < 1.29 is 28.6 Å². The number of carbonyl (C=O) groups excluding carboxylic acids is 3. The minimum atomic E-state index is -0.301. The lowest BCUT2D eigenvalue weighted by atomic mass is 10.2. The van der Waals surface area contributed by atoms with E-state index in [-0.39, 0.29) is 76.8 Å². The summed E-state index contributed by atoms with van der Waals surface area (Å²) in [7, 11) is 0. The van der Waals surface area contributed by atoms with Crippen molar-refractivity contribution in [2.24, 2.45) is 0 Å². The van der Waals surface area contributed by atoms with Gasteiger partial charge in [0.1, 0.15) is 0 Å². The molecule has 1 aliphatic heterocycles. The predicted octanol–water partition coefficient (Wildman–Crippen LogP) is 3.14. The molecule has 0 spiro atoms. The van der Waals surface area contributed by atoms with Gasteiger partial charge in [-0.05, 0) is 16.7 Å². The van der Waals surface area contributed by atoms with Crippen LogP contribution in [0.3, 0.4) is 0 Å². The van der Waals surface area contributed by atoms with Crippen molar-refractivity contribution in [2.45, 2.75) is 19.8 Å². The normalized spacial score (nSPS) is 14.6. The van der Waals surface area contributed by atoms with Crippen molar-refractivity contribution in [3.05, 3.63) is 108 Å². The van der Waals surface area contributed by atoms with Gasteiger partial charge in [-0.15, -0.1) is 0 Å². The lowest BCUT2D eigenvalue weighted by Gasteiger charge is -2.25. The summed E-state index contributed by atoms with van der Waals surface area (Å²) in [6.07, 6.45) is 0. The van der Waals surface area contributed by atoms with Gasteiger partial charge in [-0.1, -0.05) is 91.0 Å². The van der Waals surface area contributed by atoms with Gasteiger partial charge in [-0.2, -0.15) is 0 Å². The van der Waals surface area contributed by atoms with Crippen LogP contribution in [-0.4, -0.2) is 91.5 Å². The van der Waals surface area contributed by atoms with Gasteiger partial charge >= 0.3 is 0 Å². The highest BCUT2D eigenvalue weighted by Crippen LogP contribution is 2.08. The molecular weight excluding hydrogens is 534 g/mol. The molecule has 1 fully saturated rings. The van der Waals surface area contributed by atoms with E-state index >= 15 is 0 Å². The molecule has 4 rings (SSSR count). The fourth-order valence-corrected chi connectivity index (χ4v) is 4.48. The first kappa shape index (κ1) is 30.9. The molecule has 1 aliphatic rings. The molecule has 0 aromatic heterocycles. The van der Waals surface area contributed by atoms with Gasteiger partial charge in [-0.25, -0.2) is 0 Å². The Morgan fingerprint density at radius 2 is 0.690 bits per heavy atom. The minimum Gasteiger partial charge on any atom is -0.375 e. The number of benzene rings is 3. The Labute approximate surface area is 247 Å². The largest absolute Gasteiger partial charge is 0.375 e. The average molecular weight is 574 g/mol. The van der Waals surface area contributed by atoms with Crippen LogP contribution in [0.2, 0.25) is 0 Å². The van der Waals surface area contributed by atoms with E-state index in [4.69, 9.17) is 14.2 Å². The Morgan fingerprint density at radius 1 is 0.429 bits per heavy atom. The Balaban J connectivity index is 1.35. The molecule has 42 heavy (non-hydrogen) atoms. The summed E-state index contributed by atoms with van der Waals surface area (Å²) < 4.78 is 17.4. The smallest absolute Gasteiger partial charge is 0.242 e. The number of carbonyl (C=O) groups is 3. The van der Waals surface area contributed by atoms with Crippen LogP contribution in [0.15, 0.2) is 91.0 Å². The van der Waals surface area contributed by atoms with Crippen LogP contribution in [0, 0.1) is 0 Å². The molecule has 9 heteroatoms. The lowest BCUT2D eigenvalue weighted by Crippen LogP contribution is -2.45. The quantitative estimate of drug-likeness (QED) is 0.260. The second-order valence-corrected chi connectivity index (χ2v) is 10.1. The molecule has 3 amide bonds. The summed E-state index contributed by atoms with van der Waals surface area (Å²) in [5.74, 6) is -0.902. The third-order valence-corrected chi connectivity index (χ3v) is 6.89. The summed E-state index contributed by atoms with van der Waals surface area (Å²) in [5.41, 5.74) is 3.08. The number of hydrogen-bond acceptors (Lipinski definition) is 6. The average Bonchev–Trinajstić information content (AvgIpc) is 3.06. The minimum absolute atomic E-state index is 0.127. The highest BCUT2D eigenvalue weighted by molar-refractivity contribution is 5.92. The van der Waals surface area contributed by atoms with E-state index < -0.39 is 0 Å². The third-order valence-electron chi connectivity index (χ3n) is 6.89. The number of ether oxygens (including phenoxy) is 3. The van der Waals surface area contributed by atoms with E-state index in [1.165, 1.54) is 14.7 Å². The molecule has 0 saturated carbocycles. The summed E-state index contributed by atoms with van der Waals surface area (Å²) in [4.78, 5) is 44.3. The summed E-state index contributed by atoms with van der Waals surface area (Å²) in [6, 6.07) is 29.3. The van der Waals surface area contributed by atoms with Crippen molar-refractivity contribution in [3.8, 4) is 0 Å². The van der Waals surface area contributed by atoms with Crippen LogP contribution in [0.1, 0.15) is 16.7 Å². The highest BCUT2D eigenvalue weighted by Gasteiger charge is 2.29. The van der Waals surface area contributed by atoms with Crippen LogP contribution in [0.25, 0.3) is 0 Å². The third kappa shape index (κ3) is 10.4. The molecule has 3 aromatic carbocycles. The van der Waals surface area contributed by atoms with Gasteiger partial charge in [-0.3, -0.25) is 14.4 Å². The molecule has 0 N–H and O–H groups in total. The maximum absolute atomic E-state index is 13.3. The van der Waals surface area contributed by atoms with Crippen molar-refractivity contribution in [3.63, 3.8) is 0 Å². The molecule has 222 valence electrons. The molecule has 0 atom stereocenters. The van der Waals surface area contributed by atoms with Gasteiger partial charge in [0, 0.05) is 19.6 Å². The van der Waals surface area contributed by atoms with E-state index in [1.807, 2.05) is 91.0 Å². The molecule has 1 heterocycles. The van der Waals surface area contributed by atoms with E-state index in [0.29, 0.717) is 19.8 Å². The molecule has 9 nitrogen and oxygen atoms in total. The van der Waals surface area contributed by atoms with Crippen LogP contribution in [0.5, 0.6) is 0 Å². The maximum Gasteiger partial charge on any atom is 0.242 e.